The molecular formula is C11H14BrNO2. The van der Waals surface area contributed by atoms with E-state index in [4.69, 9.17) is 5.73 Å². The second-order valence-electron chi connectivity index (χ2n) is 3.69. The zero-order valence-corrected chi connectivity index (χ0v) is 10.3. The Hall–Kier alpha value is -1.03. The maximum atomic E-state index is 11.2. The fourth-order valence-electron chi connectivity index (χ4n) is 1.48. The molecule has 1 atom stereocenters. The lowest BCUT2D eigenvalue weighted by molar-refractivity contribution is -0.143. The Morgan fingerprint density at radius 2 is 2.20 bits per heavy atom. The highest BCUT2D eigenvalue weighted by molar-refractivity contribution is 9.10. The lowest BCUT2D eigenvalue weighted by atomic mass is 9.79. The number of carbonyl (C=O) groups is 1. The fraction of sp³-hybridized carbons (Fsp3) is 0.364. The number of aliphatic carboxylic acids is 1. The van der Waals surface area contributed by atoms with Crippen LogP contribution in [0.25, 0.3) is 0 Å². The molecule has 0 fully saturated rings. The van der Waals surface area contributed by atoms with Crippen LogP contribution >= 0.6 is 15.9 Å². The first kappa shape index (κ1) is 12.0. The maximum Gasteiger partial charge on any atom is 0.313 e. The van der Waals surface area contributed by atoms with E-state index in [0.29, 0.717) is 17.7 Å². The van der Waals surface area contributed by atoms with Gasteiger partial charge in [0.25, 0.3) is 0 Å². The van der Waals surface area contributed by atoms with Crippen LogP contribution in [0.5, 0.6) is 0 Å². The van der Waals surface area contributed by atoms with Gasteiger partial charge >= 0.3 is 5.97 Å². The summed E-state index contributed by atoms with van der Waals surface area (Å²) in [4.78, 5) is 11.2. The highest BCUT2D eigenvalue weighted by Gasteiger charge is 2.35. The molecule has 15 heavy (non-hydrogen) atoms. The summed E-state index contributed by atoms with van der Waals surface area (Å²) in [5.41, 5.74) is 6.11. The number of nitrogen functional groups attached to an aromatic ring is 1. The van der Waals surface area contributed by atoms with Crippen LogP contribution in [0, 0.1) is 0 Å². The van der Waals surface area contributed by atoms with E-state index in [9.17, 15) is 9.90 Å². The largest absolute Gasteiger partial charge is 0.481 e. The molecule has 0 amide bonds. The van der Waals surface area contributed by atoms with E-state index < -0.39 is 11.4 Å². The molecule has 0 spiro atoms. The van der Waals surface area contributed by atoms with Crippen LogP contribution in [-0.4, -0.2) is 11.1 Å². The quantitative estimate of drug-likeness (QED) is 0.831. The van der Waals surface area contributed by atoms with Crippen molar-refractivity contribution in [3.63, 3.8) is 0 Å². The van der Waals surface area contributed by atoms with Crippen molar-refractivity contribution in [3.8, 4) is 0 Å². The standard InChI is InChI=1S/C11H14BrNO2/c1-3-11(2,10(14)15)7-5-4-6-8(12)9(7)13/h4-6H,3,13H2,1-2H3,(H,14,15). The number of anilines is 1. The van der Waals surface area contributed by atoms with Gasteiger partial charge in [0.2, 0.25) is 0 Å². The molecule has 1 unspecified atom stereocenters. The minimum absolute atomic E-state index is 0.503. The monoisotopic (exact) mass is 271 g/mol. The van der Waals surface area contributed by atoms with E-state index in [1.165, 1.54) is 0 Å². The van der Waals surface area contributed by atoms with Crippen molar-refractivity contribution in [2.45, 2.75) is 25.7 Å². The summed E-state index contributed by atoms with van der Waals surface area (Å²) in [6.07, 6.45) is 0.503. The molecule has 0 aliphatic carbocycles. The number of carboxylic acid groups (broad SMARTS) is 1. The van der Waals surface area contributed by atoms with Crippen molar-refractivity contribution in [1.82, 2.24) is 0 Å². The summed E-state index contributed by atoms with van der Waals surface area (Å²) < 4.78 is 0.737. The van der Waals surface area contributed by atoms with Crippen LogP contribution in [0.3, 0.4) is 0 Å². The molecular weight excluding hydrogens is 258 g/mol. The van der Waals surface area contributed by atoms with Gasteiger partial charge in [-0.1, -0.05) is 19.1 Å². The Balaban J connectivity index is 3.37. The van der Waals surface area contributed by atoms with E-state index in [-0.39, 0.29) is 0 Å². The molecule has 3 nitrogen and oxygen atoms in total. The molecule has 1 aromatic carbocycles. The minimum atomic E-state index is -0.923. The summed E-state index contributed by atoms with van der Waals surface area (Å²) >= 11 is 3.30. The number of halogens is 1. The van der Waals surface area contributed by atoms with Crippen molar-refractivity contribution >= 4 is 27.6 Å². The number of benzene rings is 1. The Labute approximate surface area is 97.4 Å². The van der Waals surface area contributed by atoms with Gasteiger partial charge in [0.1, 0.15) is 0 Å². The van der Waals surface area contributed by atoms with Crippen molar-refractivity contribution in [2.24, 2.45) is 0 Å². The first-order chi connectivity index (χ1) is 6.93. The third-order valence-corrected chi connectivity index (χ3v) is 3.52. The van der Waals surface area contributed by atoms with Gasteiger partial charge in [0.15, 0.2) is 0 Å². The number of rotatable bonds is 3. The zero-order chi connectivity index (χ0) is 11.6. The molecule has 0 aromatic heterocycles. The molecule has 0 saturated carbocycles. The van der Waals surface area contributed by atoms with Crippen LogP contribution < -0.4 is 5.73 Å². The van der Waals surface area contributed by atoms with Crippen molar-refractivity contribution in [1.29, 1.82) is 0 Å². The average molecular weight is 272 g/mol. The molecule has 0 bridgehead atoms. The summed E-state index contributed by atoms with van der Waals surface area (Å²) in [7, 11) is 0. The summed E-state index contributed by atoms with van der Waals surface area (Å²) in [6, 6.07) is 5.36. The highest BCUT2D eigenvalue weighted by atomic mass is 79.9. The Morgan fingerprint density at radius 3 is 2.67 bits per heavy atom. The van der Waals surface area contributed by atoms with Gasteiger partial charge in [-0.25, -0.2) is 0 Å². The molecule has 1 rings (SSSR count). The van der Waals surface area contributed by atoms with Crippen LogP contribution in [-0.2, 0) is 10.2 Å². The zero-order valence-electron chi connectivity index (χ0n) is 8.75. The molecule has 0 saturated heterocycles. The van der Waals surface area contributed by atoms with Crippen LogP contribution in [0.1, 0.15) is 25.8 Å². The van der Waals surface area contributed by atoms with E-state index in [0.717, 1.165) is 4.47 Å². The molecule has 1 aromatic rings. The third-order valence-electron chi connectivity index (χ3n) is 2.83. The van der Waals surface area contributed by atoms with Crippen molar-refractivity contribution < 1.29 is 9.90 Å². The lowest BCUT2D eigenvalue weighted by Gasteiger charge is -2.25. The van der Waals surface area contributed by atoms with E-state index >= 15 is 0 Å². The Morgan fingerprint density at radius 1 is 1.60 bits per heavy atom. The predicted octanol–water partition coefficient (Wildman–Crippen LogP) is 2.78. The van der Waals surface area contributed by atoms with Crippen molar-refractivity contribution in [3.05, 3.63) is 28.2 Å². The van der Waals surface area contributed by atoms with E-state index in [1.807, 2.05) is 6.92 Å². The molecule has 0 radical (unpaired) electrons. The molecule has 82 valence electrons. The van der Waals surface area contributed by atoms with Crippen molar-refractivity contribution in [2.75, 3.05) is 5.73 Å². The van der Waals surface area contributed by atoms with Gasteiger partial charge in [-0.2, -0.15) is 0 Å². The van der Waals surface area contributed by atoms with Gasteiger partial charge < -0.3 is 10.8 Å². The number of nitrogens with two attached hydrogens (primary N) is 1. The summed E-state index contributed by atoms with van der Waals surface area (Å²) in [5.74, 6) is -0.852. The van der Waals surface area contributed by atoms with E-state index in [1.54, 1.807) is 25.1 Å². The number of para-hydroxylation sites is 1. The van der Waals surface area contributed by atoms with Gasteiger partial charge in [-0.15, -0.1) is 0 Å². The molecule has 0 heterocycles. The van der Waals surface area contributed by atoms with Gasteiger partial charge in [-0.05, 0) is 40.9 Å². The number of hydrogen-bond acceptors (Lipinski definition) is 2. The maximum absolute atomic E-state index is 11.2. The molecule has 3 N–H and O–H groups in total. The second kappa shape index (κ2) is 4.23. The second-order valence-corrected chi connectivity index (χ2v) is 4.55. The molecule has 0 aliphatic heterocycles. The fourth-order valence-corrected chi connectivity index (χ4v) is 1.84. The minimum Gasteiger partial charge on any atom is -0.481 e. The first-order valence-corrected chi connectivity index (χ1v) is 5.50. The van der Waals surface area contributed by atoms with E-state index in [2.05, 4.69) is 15.9 Å². The SMILES string of the molecule is CCC(C)(C(=O)O)c1cccc(Br)c1N. The summed E-state index contributed by atoms with van der Waals surface area (Å²) in [5, 5.41) is 9.23. The smallest absolute Gasteiger partial charge is 0.313 e. The normalized spacial score (nSPS) is 14.6. The topological polar surface area (TPSA) is 63.3 Å². The van der Waals surface area contributed by atoms with Crippen LogP contribution in [0.2, 0.25) is 0 Å². The number of hydrogen-bond donors (Lipinski definition) is 2. The molecule has 0 aliphatic rings. The molecule has 4 heteroatoms. The third kappa shape index (κ3) is 2.00. The van der Waals surface area contributed by atoms with Gasteiger partial charge in [0.05, 0.1) is 11.1 Å². The summed E-state index contributed by atoms with van der Waals surface area (Å²) in [6.45, 7) is 3.53. The highest BCUT2D eigenvalue weighted by Crippen LogP contribution is 2.35. The first-order valence-electron chi connectivity index (χ1n) is 4.71. The Kier molecular flexibility index (Phi) is 3.39. The van der Waals surface area contributed by atoms with Gasteiger partial charge in [0, 0.05) is 4.47 Å². The lowest BCUT2D eigenvalue weighted by Crippen LogP contribution is -2.32. The predicted molar refractivity (Wildman–Crippen MR) is 63.8 cm³/mol. The Bertz CT molecular complexity index is 392. The van der Waals surface area contributed by atoms with Crippen LogP contribution in [0.15, 0.2) is 22.7 Å². The average Bonchev–Trinajstić information content (AvgIpc) is 2.20. The van der Waals surface area contributed by atoms with Crippen LogP contribution in [0.4, 0.5) is 5.69 Å². The van der Waals surface area contributed by atoms with Gasteiger partial charge in [-0.3, -0.25) is 4.79 Å². The number of carboxylic acids is 1.